The fourth-order valence-electron chi connectivity index (χ4n) is 1.83. The van der Waals surface area contributed by atoms with E-state index in [9.17, 15) is 4.79 Å². The van der Waals surface area contributed by atoms with Crippen molar-refractivity contribution in [1.29, 1.82) is 0 Å². The highest BCUT2D eigenvalue weighted by atomic mass is 16.1. The Morgan fingerprint density at radius 2 is 2.00 bits per heavy atom. The molecule has 0 aliphatic carbocycles. The molecule has 0 unspecified atom stereocenters. The molecule has 0 aliphatic rings. The van der Waals surface area contributed by atoms with Gasteiger partial charge in [-0.3, -0.25) is 4.79 Å². The monoisotopic (exact) mass is 205 g/mol. The van der Waals surface area contributed by atoms with Crippen LogP contribution in [-0.4, -0.2) is 14.2 Å². The van der Waals surface area contributed by atoms with Crippen LogP contribution >= 0.6 is 0 Å². The van der Waals surface area contributed by atoms with Crippen molar-refractivity contribution in [3.05, 3.63) is 33.4 Å². The van der Waals surface area contributed by atoms with E-state index in [-0.39, 0.29) is 5.56 Å². The van der Waals surface area contributed by atoms with Crippen LogP contribution in [0.5, 0.6) is 0 Å². The second-order valence-corrected chi connectivity index (χ2v) is 3.85. The Morgan fingerprint density at radius 1 is 1.33 bits per heavy atom. The third-order valence-electron chi connectivity index (χ3n) is 2.82. The molecule has 0 saturated heterocycles. The Kier molecular flexibility index (Phi) is 2.14. The zero-order valence-electron chi connectivity index (χ0n) is 9.53. The lowest BCUT2D eigenvalue weighted by Crippen LogP contribution is -2.20. The molecule has 4 nitrogen and oxygen atoms in total. The molecule has 4 heteroatoms. The summed E-state index contributed by atoms with van der Waals surface area (Å²) < 4.78 is 3.57. The first kappa shape index (κ1) is 9.96. The quantitative estimate of drug-likeness (QED) is 0.706. The number of rotatable bonds is 1. The van der Waals surface area contributed by atoms with Crippen LogP contribution in [0.2, 0.25) is 0 Å². The minimum absolute atomic E-state index is 0.0223. The van der Waals surface area contributed by atoms with Crippen molar-refractivity contribution in [2.24, 2.45) is 0 Å². The highest BCUT2D eigenvalue weighted by Crippen LogP contribution is 2.12. The molecular formula is C11H15N3O. The van der Waals surface area contributed by atoms with E-state index >= 15 is 0 Å². The molecule has 2 aromatic rings. The Labute approximate surface area is 88.2 Å². The van der Waals surface area contributed by atoms with Crippen molar-refractivity contribution in [1.82, 2.24) is 14.2 Å². The van der Waals surface area contributed by atoms with Crippen molar-refractivity contribution in [2.75, 3.05) is 0 Å². The lowest BCUT2D eigenvalue weighted by atomic mass is 10.3. The van der Waals surface area contributed by atoms with Gasteiger partial charge in [0.1, 0.15) is 5.65 Å². The Bertz CT molecular complexity index is 578. The van der Waals surface area contributed by atoms with Crippen molar-refractivity contribution in [3.63, 3.8) is 0 Å². The van der Waals surface area contributed by atoms with E-state index < -0.39 is 0 Å². The maximum Gasteiger partial charge on any atom is 0.277 e. The topological polar surface area (TPSA) is 39.3 Å². The standard InChI is InChI=1S/C11H15N3O/c1-5-13-6-7(2)11(15)14-10(13)8(3)9(4)12-14/h6H,5H2,1-4H3. The molecule has 2 rings (SSSR count). The molecule has 0 spiro atoms. The van der Waals surface area contributed by atoms with E-state index in [2.05, 4.69) is 16.6 Å². The third-order valence-corrected chi connectivity index (χ3v) is 2.82. The molecule has 15 heavy (non-hydrogen) atoms. The van der Waals surface area contributed by atoms with Gasteiger partial charge in [0.05, 0.1) is 5.69 Å². The molecular weight excluding hydrogens is 190 g/mol. The first-order valence-corrected chi connectivity index (χ1v) is 5.12. The van der Waals surface area contributed by atoms with Gasteiger partial charge in [0.2, 0.25) is 0 Å². The minimum Gasteiger partial charge on any atom is -0.332 e. The van der Waals surface area contributed by atoms with Gasteiger partial charge in [-0.1, -0.05) is 0 Å². The van der Waals surface area contributed by atoms with Crippen LogP contribution in [0.4, 0.5) is 0 Å². The maximum absolute atomic E-state index is 11.8. The lowest BCUT2D eigenvalue weighted by Gasteiger charge is -2.07. The van der Waals surface area contributed by atoms with Gasteiger partial charge in [-0.25, -0.2) is 0 Å². The summed E-state index contributed by atoms with van der Waals surface area (Å²) in [6, 6.07) is 0. The highest BCUT2D eigenvalue weighted by molar-refractivity contribution is 5.50. The molecule has 0 fully saturated rings. The van der Waals surface area contributed by atoms with Gasteiger partial charge in [0, 0.05) is 23.9 Å². The van der Waals surface area contributed by atoms with Gasteiger partial charge in [-0.2, -0.15) is 9.61 Å². The molecule has 0 aliphatic heterocycles. The molecule has 0 N–H and O–H groups in total. The fraction of sp³-hybridized carbons (Fsp3) is 0.455. The normalized spacial score (nSPS) is 11.2. The smallest absolute Gasteiger partial charge is 0.277 e. The predicted octanol–water partition coefficient (Wildman–Crippen LogP) is 1.44. The van der Waals surface area contributed by atoms with E-state index in [1.807, 2.05) is 27.0 Å². The van der Waals surface area contributed by atoms with Gasteiger partial charge in [0.15, 0.2) is 0 Å². The van der Waals surface area contributed by atoms with Gasteiger partial charge < -0.3 is 4.57 Å². The zero-order chi connectivity index (χ0) is 11.2. The molecule has 0 atom stereocenters. The van der Waals surface area contributed by atoms with Crippen LogP contribution in [0.15, 0.2) is 11.0 Å². The second-order valence-electron chi connectivity index (χ2n) is 3.85. The predicted molar refractivity (Wildman–Crippen MR) is 59.3 cm³/mol. The molecule has 0 bridgehead atoms. The number of fused-ring (bicyclic) bond motifs is 1. The average Bonchev–Trinajstić information content (AvgIpc) is 2.50. The van der Waals surface area contributed by atoms with Crippen LogP contribution in [0, 0.1) is 20.8 Å². The van der Waals surface area contributed by atoms with Crippen molar-refractivity contribution >= 4 is 5.65 Å². The third kappa shape index (κ3) is 1.28. The number of aryl methyl sites for hydroxylation is 4. The van der Waals surface area contributed by atoms with Crippen LogP contribution < -0.4 is 5.56 Å². The Hall–Kier alpha value is -1.58. The van der Waals surface area contributed by atoms with Crippen molar-refractivity contribution in [3.8, 4) is 0 Å². The van der Waals surface area contributed by atoms with E-state index in [0.29, 0.717) is 0 Å². The Morgan fingerprint density at radius 3 is 2.60 bits per heavy atom. The second kappa shape index (κ2) is 3.22. The molecule has 0 aromatic carbocycles. The molecule has 0 amide bonds. The van der Waals surface area contributed by atoms with Gasteiger partial charge in [-0.05, 0) is 27.7 Å². The van der Waals surface area contributed by atoms with E-state index in [4.69, 9.17) is 0 Å². The van der Waals surface area contributed by atoms with Gasteiger partial charge in [0.25, 0.3) is 5.56 Å². The largest absolute Gasteiger partial charge is 0.332 e. The molecule has 0 saturated carbocycles. The zero-order valence-corrected chi connectivity index (χ0v) is 9.53. The fourth-order valence-corrected chi connectivity index (χ4v) is 1.83. The Balaban J connectivity index is 3.03. The summed E-state index contributed by atoms with van der Waals surface area (Å²) >= 11 is 0. The molecule has 0 radical (unpaired) electrons. The highest BCUT2D eigenvalue weighted by Gasteiger charge is 2.11. The SMILES string of the molecule is CCn1cc(C)c(=O)n2nc(C)c(C)c12. The summed E-state index contributed by atoms with van der Waals surface area (Å²) in [4.78, 5) is 11.8. The minimum atomic E-state index is -0.0223. The summed E-state index contributed by atoms with van der Waals surface area (Å²) in [6.07, 6.45) is 1.89. The summed E-state index contributed by atoms with van der Waals surface area (Å²) in [5.74, 6) is 0. The first-order valence-electron chi connectivity index (χ1n) is 5.12. The number of hydrogen-bond donors (Lipinski definition) is 0. The van der Waals surface area contributed by atoms with Crippen LogP contribution in [-0.2, 0) is 6.54 Å². The summed E-state index contributed by atoms with van der Waals surface area (Å²) in [7, 11) is 0. The van der Waals surface area contributed by atoms with Crippen molar-refractivity contribution in [2.45, 2.75) is 34.2 Å². The van der Waals surface area contributed by atoms with Crippen molar-refractivity contribution < 1.29 is 0 Å². The number of hydrogen-bond acceptors (Lipinski definition) is 2. The van der Waals surface area contributed by atoms with Gasteiger partial charge >= 0.3 is 0 Å². The van der Waals surface area contributed by atoms with E-state index in [0.717, 1.165) is 29.0 Å². The average molecular weight is 205 g/mol. The number of aromatic nitrogens is 3. The summed E-state index contributed by atoms with van der Waals surface area (Å²) in [6.45, 7) is 8.65. The first-order chi connectivity index (χ1) is 7.06. The van der Waals surface area contributed by atoms with E-state index in [1.165, 1.54) is 4.52 Å². The van der Waals surface area contributed by atoms with Gasteiger partial charge in [-0.15, -0.1) is 0 Å². The molecule has 2 heterocycles. The van der Waals surface area contributed by atoms with Crippen LogP contribution in [0.3, 0.4) is 0 Å². The van der Waals surface area contributed by atoms with Crippen LogP contribution in [0.25, 0.3) is 5.65 Å². The molecule has 80 valence electrons. The lowest BCUT2D eigenvalue weighted by molar-refractivity contribution is 0.728. The maximum atomic E-state index is 11.8. The van der Waals surface area contributed by atoms with E-state index in [1.54, 1.807) is 0 Å². The van der Waals surface area contributed by atoms with Crippen LogP contribution in [0.1, 0.15) is 23.7 Å². The summed E-state index contributed by atoms with van der Waals surface area (Å²) in [5, 5.41) is 4.26. The number of nitrogens with zero attached hydrogens (tertiary/aromatic N) is 3. The summed E-state index contributed by atoms with van der Waals surface area (Å²) in [5.41, 5.74) is 3.61. The molecule has 2 aromatic heterocycles.